The zero-order chi connectivity index (χ0) is 20.5. The summed E-state index contributed by atoms with van der Waals surface area (Å²) in [7, 11) is -1.54. The summed E-state index contributed by atoms with van der Waals surface area (Å²) in [6.07, 6.45) is 0. The molecule has 0 bridgehead atoms. The van der Waals surface area contributed by atoms with Crippen LogP contribution in [0.25, 0.3) is 10.2 Å². The first kappa shape index (κ1) is 20.5. The second-order valence-electron chi connectivity index (χ2n) is 5.35. The van der Waals surface area contributed by atoms with Gasteiger partial charge < -0.3 is 14.0 Å². The van der Waals surface area contributed by atoms with Crippen LogP contribution in [0.3, 0.4) is 0 Å². The van der Waals surface area contributed by atoms with E-state index >= 15 is 0 Å². The van der Waals surface area contributed by atoms with Crippen molar-refractivity contribution in [3.05, 3.63) is 45.0 Å². The molecule has 0 amide bonds. The topological polar surface area (TPSA) is 104 Å². The van der Waals surface area contributed by atoms with Gasteiger partial charge in [-0.2, -0.15) is 8.42 Å². The minimum absolute atomic E-state index is 0.0187. The summed E-state index contributed by atoms with van der Waals surface area (Å²) in [4.78, 5) is 23.6. The van der Waals surface area contributed by atoms with E-state index in [2.05, 4.69) is 9.13 Å². The molecule has 0 unspecified atom stereocenters. The smallest absolute Gasteiger partial charge is 0.337 e. The van der Waals surface area contributed by atoms with E-state index in [1.807, 2.05) is 0 Å². The van der Waals surface area contributed by atoms with Gasteiger partial charge in [-0.1, -0.05) is 22.9 Å². The van der Waals surface area contributed by atoms with Gasteiger partial charge in [0.2, 0.25) is 4.80 Å². The lowest BCUT2D eigenvalue weighted by molar-refractivity contribution is -0.141. The molecule has 0 aliphatic heterocycles. The number of hydrogen-bond acceptors (Lipinski definition) is 8. The van der Waals surface area contributed by atoms with Crippen LogP contribution in [0.5, 0.6) is 0 Å². The number of aromatic nitrogens is 1. The van der Waals surface area contributed by atoms with E-state index in [0.29, 0.717) is 20.1 Å². The van der Waals surface area contributed by atoms with Crippen molar-refractivity contribution >= 4 is 66.5 Å². The van der Waals surface area contributed by atoms with Crippen LogP contribution >= 0.6 is 34.3 Å². The Labute approximate surface area is 172 Å². The van der Waals surface area contributed by atoms with E-state index in [1.54, 1.807) is 12.1 Å². The quantitative estimate of drug-likeness (QED) is 0.542. The Morgan fingerprint density at radius 3 is 2.50 bits per heavy atom. The molecule has 0 radical (unpaired) electrons. The molecule has 0 saturated carbocycles. The first-order chi connectivity index (χ1) is 13.2. The Bertz CT molecular complexity index is 1240. The van der Waals surface area contributed by atoms with Crippen LogP contribution in [0.4, 0.5) is 0 Å². The Morgan fingerprint density at radius 1 is 1.14 bits per heavy atom. The number of thiazole rings is 1. The maximum absolute atomic E-state index is 12.6. The standard InChI is InChI=1S/C16H13ClN2O6S3/c1-24-13(20)8-19-10-4-3-9(15(21)25-2)7-11(10)26-16(19)18-28(22,23)14-6-5-12(17)27-14/h3-7H,8H2,1-2H3/b18-16-. The largest absolute Gasteiger partial charge is 0.468 e. The highest BCUT2D eigenvalue weighted by molar-refractivity contribution is 7.92. The van der Waals surface area contributed by atoms with Gasteiger partial charge in [-0.3, -0.25) is 4.79 Å². The highest BCUT2D eigenvalue weighted by Gasteiger charge is 2.19. The van der Waals surface area contributed by atoms with Gasteiger partial charge in [-0.25, -0.2) is 4.79 Å². The van der Waals surface area contributed by atoms with Crippen LogP contribution in [-0.4, -0.2) is 39.1 Å². The van der Waals surface area contributed by atoms with Crippen molar-refractivity contribution in [2.45, 2.75) is 10.8 Å². The normalized spacial score (nSPS) is 12.3. The minimum atomic E-state index is -4.03. The maximum Gasteiger partial charge on any atom is 0.337 e. The van der Waals surface area contributed by atoms with Crippen LogP contribution in [0.1, 0.15) is 10.4 Å². The van der Waals surface area contributed by atoms with Crippen LogP contribution in [-0.2, 0) is 30.8 Å². The number of carbonyl (C=O) groups is 2. The Morgan fingerprint density at radius 2 is 1.89 bits per heavy atom. The molecular formula is C16H13ClN2O6S3. The van der Waals surface area contributed by atoms with E-state index in [1.165, 1.54) is 37.0 Å². The van der Waals surface area contributed by atoms with E-state index in [9.17, 15) is 18.0 Å². The van der Waals surface area contributed by atoms with Crippen LogP contribution in [0.15, 0.2) is 38.9 Å². The van der Waals surface area contributed by atoms with Gasteiger partial charge in [-0.05, 0) is 30.3 Å². The molecule has 0 atom stereocenters. The molecule has 0 aliphatic rings. The number of thiophene rings is 1. The molecule has 0 spiro atoms. The fourth-order valence-corrected chi connectivity index (χ4v) is 6.05. The number of halogens is 1. The molecule has 3 aromatic rings. The Hall–Kier alpha value is -2.21. The highest BCUT2D eigenvalue weighted by atomic mass is 35.5. The molecule has 148 valence electrons. The van der Waals surface area contributed by atoms with Gasteiger partial charge in [0.05, 0.1) is 34.3 Å². The second-order valence-corrected chi connectivity index (χ2v) is 9.90. The minimum Gasteiger partial charge on any atom is -0.468 e. The van der Waals surface area contributed by atoms with E-state index < -0.39 is 22.0 Å². The number of methoxy groups -OCH3 is 2. The third kappa shape index (κ3) is 4.12. The summed E-state index contributed by atoms with van der Waals surface area (Å²) >= 11 is 7.72. The lowest BCUT2D eigenvalue weighted by Gasteiger charge is -2.04. The van der Waals surface area contributed by atoms with E-state index in [0.717, 1.165) is 22.7 Å². The van der Waals surface area contributed by atoms with Crippen LogP contribution in [0.2, 0.25) is 4.34 Å². The molecular weight excluding hydrogens is 448 g/mol. The summed E-state index contributed by atoms with van der Waals surface area (Å²) in [6, 6.07) is 7.48. The summed E-state index contributed by atoms with van der Waals surface area (Å²) in [5.74, 6) is -1.11. The number of rotatable bonds is 5. The summed E-state index contributed by atoms with van der Waals surface area (Å²) in [5, 5.41) is 0. The van der Waals surface area contributed by atoms with Crippen molar-refractivity contribution in [3.8, 4) is 0 Å². The molecule has 0 saturated heterocycles. The SMILES string of the molecule is COC(=O)Cn1/c(=N/S(=O)(=O)c2ccc(Cl)s2)sc2cc(C(=O)OC)ccc21. The zero-order valence-corrected chi connectivity index (χ0v) is 17.7. The van der Waals surface area contributed by atoms with Gasteiger partial charge in [0.15, 0.2) is 0 Å². The molecule has 12 heteroatoms. The number of carbonyl (C=O) groups excluding carboxylic acids is 2. The first-order valence-electron chi connectivity index (χ1n) is 7.60. The number of ether oxygens (including phenoxy) is 2. The van der Waals surface area contributed by atoms with E-state index in [-0.39, 0.29) is 15.6 Å². The van der Waals surface area contributed by atoms with Gasteiger partial charge in [0, 0.05) is 0 Å². The van der Waals surface area contributed by atoms with Gasteiger partial charge in [0.25, 0.3) is 10.0 Å². The number of sulfonamides is 1. The molecule has 0 aliphatic carbocycles. The lowest BCUT2D eigenvalue weighted by Crippen LogP contribution is -2.22. The lowest BCUT2D eigenvalue weighted by atomic mass is 10.2. The van der Waals surface area contributed by atoms with Crippen molar-refractivity contribution in [2.24, 2.45) is 4.40 Å². The molecule has 3 rings (SSSR count). The van der Waals surface area contributed by atoms with Crippen molar-refractivity contribution in [1.29, 1.82) is 0 Å². The Kier molecular flexibility index (Phi) is 5.89. The molecule has 28 heavy (non-hydrogen) atoms. The van der Waals surface area contributed by atoms with E-state index in [4.69, 9.17) is 16.3 Å². The fourth-order valence-electron chi connectivity index (χ4n) is 2.32. The molecule has 2 aromatic heterocycles. The van der Waals surface area contributed by atoms with Gasteiger partial charge in [0.1, 0.15) is 10.8 Å². The highest BCUT2D eigenvalue weighted by Crippen LogP contribution is 2.27. The van der Waals surface area contributed by atoms with Crippen molar-refractivity contribution < 1.29 is 27.5 Å². The average Bonchev–Trinajstić information content (AvgIpc) is 3.24. The molecule has 8 nitrogen and oxygen atoms in total. The van der Waals surface area contributed by atoms with Crippen molar-refractivity contribution in [3.63, 3.8) is 0 Å². The zero-order valence-electron chi connectivity index (χ0n) is 14.5. The number of esters is 2. The van der Waals surface area contributed by atoms with Crippen molar-refractivity contribution in [2.75, 3.05) is 14.2 Å². The summed E-state index contributed by atoms with van der Waals surface area (Å²) in [5.41, 5.74) is 0.821. The van der Waals surface area contributed by atoms with Crippen LogP contribution in [0, 0.1) is 0 Å². The summed E-state index contributed by atoms with van der Waals surface area (Å²) < 4.78 is 40.8. The molecule has 0 fully saturated rings. The monoisotopic (exact) mass is 460 g/mol. The number of nitrogens with zero attached hydrogens (tertiary/aromatic N) is 2. The number of fused-ring (bicyclic) bond motifs is 1. The van der Waals surface area contributed by atoms with Gasteiger partial charge >= 0.3 is 11.9 Å². The average molecular weight is 461 g/mol. The fraction of sp³-hybridized carbons (Fsp3) is 0.188. The molecule has 2 heterocycles. The predicted octanol–water partition coefficient (Wildman–Crippen LogP) is 2.67. The third-order valence-electron chi connectivity index (χ3n) is 3.62. The second kappa shape index (κ2) is 8.03. The first-order valence-corrected chi connectivity index (χ1v) is 11.0. The third-order valence-corrected chi connectivity index (χ3v) is 7.74. The maximum atomic E-state index is 12.6. The van der Waals surface area contributed by atoms with Crippen molar-refractivity contribution in [1.82, 2.24) is 4.57 Å². The molecule has 0 N–H and O–H groups in total. The van der Waals surface area contributed by atoms with Crippen LogP contribution < -0.4 is 4.80 Å². The molecule has 1 aromatic carbocycles. The number of hydrogen-bond donors (Lipinski definition) is 0. The Balaban J connectivity index is 2.23. The summed E-state index contributed by atoms with van der Waals surface area (Å²) in [6.45, 7) is -0.242. The number of benzene rings is 1. The predicted molar refractivity (Wildman–Crippen MR) is 105 cm³/mol. The van der Waals surface area contributed by atoms with Gasteiger partial charge in [-0.15, -0.1) is 15.7 Å².